The van der Waals surface area contributed by atoms with Gasteiger partial charge in [-0.3, -0.25) is 4.79 Å². The van der Waals surface area contributed by atoms with Crippen LogP contribution in [0.2, 0.25) is 10.0 Å². The van der Waals surface area contributed by atoms with E-state index in [1.54, 1.807) is 0 Å². The molecule has 0 spiro atoms. The number of carbonyl (C=O) groups is 1. The summed E-state index contributed by atoms with van der Waals surface area (Å²) in [7, 11) is 4.23. The fourth-order valence-corrected chi connectivity index (χ4v) is 5.28. The Morgan fingerprint density at radius 2 is 1.90 bits per heavy atom. The molecule has 1 fully saturated rings. The zero-order valence-corrected chi connectivity index (χ0v) is 19.1. The molecule has 0 aromatic heterocycles. The Morgan fingerprint density at radius 1 is 1.07 bits per heavy atom. The van der Waals surface area contributed by atoms with Crippen molar-refractivity contribution in [3.8, 4) is 0 Å². The maximum absolute atomic E-state index is 12.9. The van der Waals surface area contributed by atoms with Crippen molar-refractivity contribution >= 4 is 34.8 Å². The predicted molar refractivity (Wildman–Crippen MR) is 125 cm³/mol. The average molecular weight is 446 g/mol. The van der Waals surface area contributed by atoms with Crippen LogP contribution in [0.4, 0.5) is 5.69 Å². The van der Waals surface area contributed by atoms with Crippen molar-refractivity contribution in [1.82, 2.24) is 9.80 Å². The molecule has 2 aliphatic heterocycles. The van der Waals surface area contributed by atoms with Gasteiger partial charge in [0, 0.05) is 40.7 Å². The maximum Gasteiger partial charge on any atom is 0.227 e. The normalized spacial score (nSPS) is 22.9. The maximum atomic E-state index is 12.9. The third-order valence-electron chi connectivity index (χ3n) is 6.37. The smallest absolute Gasteiger partial charge is 0.227 e. The molecule has 2 heterocycles. The monoisotopic (exact) mass is 445 g/mol. The summed E-state index contributed by atoms with van der Waals surface area (Å²) in [6.07, 6.45) is 2.94. The van der Waals surface area contributed by atoms with Crippen molar-refractivity contribution in [2.24, 2.45) is 5.92 Å². The number of nitrogens with one attached hydrogen (secondary N) is 1. The van der Waals surface area contributed by atoms with Gasteiger partial charge in [-0.15, -0.1) is 0 Å². The lowest BCUT2D eigenvalue weighted by Gasteiger charge is -2.33. The van der Waals surface area contributed by atoms with Crippen LogP contribution in [0.3, 0.4) is 0 Å². The summed E-state index contributed by atoms with van der Waals surface area (Å²) in [5.74, 6) is 0.380. The number of anilines is 1. The minimum atomic E-state index is 0.0813. The summed E-state index contributed by atoms with van der Waals surface area (Å²) < 4.78 is 0. The molecule has 2 aliphatic rings. The van der Waals surface area contributed by atoms with Gasteiger partial charge >= 0.3 is 0 Å². The summed E-state index contributed by atoms with van der Waals surface area (Å²) in [5.41, 5.74) is 4.34. The molecule has 2 aromatic carbocycles. The lowest BCUT2D eigenvalue weighted by Crippen LogP contribution is -2.31. The van der Waals surface area contributed by atoms with Crippen LogP contribution in [0, 0.1) is 5.92 Å². The van der Waals surface area contributed by atoms with Crippen molar-refractivity contribution in [3.63, 3.8) is 0 Å². The van der Waals surface area contributed by atoms with Gasteiger partial charge < -0.3 is 15.1 Å². The van der Waals surface area contributed by atoms with E-state index in [1.807, 2.05) is 24.3 Å². The van der Waals surface area contributed by atoms with Crippen LogP contribution in [0.25, 0.3) is 0 Å². The Balaban J connectivity index is 1.56. The van der Waals surface area contributed by atoms with Crippen molar-refractivity contribution in [2.75, 3.05) is 39.0 Å². The molecule has 1 saturated heterocycles. The highest BCUT2D eigenvalue weighted by atomic mass is 35.5. The van der Waals surface area contributed by atoms with Gasteiger partial charge in [-0.2, -0.15) is 0 Å². The molecule has 2 unspecified atom stereocenters. The standard InChI is InChI=1S/C24H29Cl2N3O/c1-28-9-4-6-16(8-10-28)24(30)27-19-7-3-5-17(11-19)21-14-29(2)15-22-20(21)12-18(25)13-23(22)26/h3,5,7,11-13,16,21H,4,6,8-10,14-15H2,1-2H3,(H,27,30). The van der Waals surface area contributed by atoms with Crippen molar-refractivity contribution in [1.29, 1.82) is 0 Å². The van der Waals surface area contributed by atoms with Crippen LogP contribution in [0.1, 0.15) is 41.9 Å². The van der Waals surface area contributed by atoms with Gasteiger partial charge in [0.2, 0.25) is 5.91 Å². The number of halogens is 2. The molecule has 1 N–H and O–H groups in total. The number of benzene rings is 2. The van der Waals surface area contributed by atoms with Crippen LogP contribution >= 0.6 is 23.2 Å². The number of nitrogens with zero attached hydrogens (tertiary/aromatic N) is 2. The highest BCUT2D eigenvalue weighted by Crippen LogP contribution is 2.39. The Morgan fingerprint density at radius 3 is 2.73 bits per heavy atom. The first-order chi connectivity index (χ1) is 14.4. The third-order valence-corrected chi connectivity index (χ3v) is 6.93. The summed E-state index contributed by atoms with van der Waals surface area (Å²) in [6.45, 7) is 3.74. The van der Waals surface area contributed by atoms with Crippen LogP contribution in [0.15, 0.2) is 36.4 Å². The van der Waals surface area contributed by atoms with Crippen LogP contribution in [0.5, 0.6) is 0 Å². The minimum absolute atomic E-state index is 0.0813. The van der Waals surface area contributed by atoms with E-state index < -0.39 is 0 Å². The number of amides is 1. The first kappa shape index (κ1) is 21.6. The number of likely N-dealkylation sites (N-methyl/N-ethyl adjacent to an activating group) is 1. The van der Waals surface area contributed by atoms with Crippen LogP contribution in [-0.4, -0.2) is 49.4 Å². The molecule has 0 radical (unpaired) electrons. The summed E-state index contributed by atoms with van der Waals surface area (Å²) in [6, 6.07) is 12.1. The molecule has 0 saturated carbocycles. The largest absolute Gasteiger partial charge is 0.326 e. The van der Waals surface area contributed by atoms with E-state index in [0.717, 1.165) is 61.7 Å². The molecule has 30 heavy (non-hydrogen) atoms. The van der Waals surface area contributed by atoms with E-state index in [2.05, 4.69) is 41.3 Å². The molecule has 0 bridgehead atoms. The number of carbonyl (C=O) groups excluding carboxylic acids is 1. The van der Waals surface area contributed by atoms with Crippen molar-refractivity contribution < 1.29 is 4.79 Å². The second-order valence-corrected chi connectivity index (χ2v) is 9.59. The lowest BCUT2D eigenvalue weighted by atomic mass is 9.84. The van der Waals surface area contributed by atoms with E-state index in [1.165, 1.54) is 11.1 Å². The zero-order valence-electron chi connectivity index (χ0n) is 17.6. The third kappa shape index (κ3) is 4.83. The van der Waals surface area contributed by atoms with Crippen molar-refractivity contribution in [2.45, 2.75) is 31.7 Å². The molecule has 4 rings (SSSR count). The number of likely N-dealkylation sites (tertiary alicyclic amines) is 1. The zero-order chi connectivity index (χ0) is 21.3. The topological polar surface area (TPSA) is 35.6 Å². The van der Waals surface area contributed by atoms with Gasteiger partial charge in [0.15, 0.2) is 0 Å². The second kappa shape index (κ2) is 9.27. The van der Waals surface area contributed by atoms with Gasteiger partial charge in [-0.25, -0.2) is 0 Å². The van der Waals surface area contributed by atoms with Gasteiger partial charge in [0.25, 0.3) is 0 Å². The molecule has 4 nitrogen and oxygen atoms in total. The molecule has 0 aliphatic carbocycles. The Hall–Kier alpha value is -1.59. The quantitative estimate of drug-likeness (QED) is 0.701. The van der Waals surface area contributed by atoms with Crippen LogP contribution in [-0.2, 0) is 11.3 Å². The number of fused-ring (bicyclic) bond motifs is 1. The fraction of sp³-hybridized carbons (Fsp3) is 0.458. The number of hydrogen-bond acceptors (Lipinski definition) is 3. The Kier molecular flexibility index (Phi) is 6.69. The molecule has 1 amide bonds. The average Bonchev–Trinajstić information content (AvgIpc) is 2.93. The SMILES string of the molecule is CN1CCCC(C(=O)Nc2cccc(C3CN(C)Cc4c(Cl)cc(Cl)cc43)c2)CC1. The number of hydrogen-bond donors (Lipinski definition) is 1. The summed E-state index contributed by atoms with van der Waals surface area (Å²) in [4.78, 5) is 17.5. The number of rotatable bonds is 3. The summed E-state index contributed by atoms with van der Waals surface area (Å²) in [5, 5.41) is 4.55. The Labute approximate surface area is 189 Å². The predicted octanol–water partition coefficient (Wildman–Crippen LogP) is 5.24. The highest BCUT2D eigenvalue weighted by molar-refractivity contribution is 6.35. The van der Waals surface area contributed by atoms with Crippen molar-refractivity contribution in [3.05, 3.63) is 63.1 Å². The fourth-order valence-electron chi connectivity index (χ4n) is 4.71. The van der Waals surface area contributed by atoms with Gasteiger partial charge in [-0.05, 0) is 87.4 Å². The Bertz CT molecular complexity index is 933. The molecule has 160 valence electrons. The molecular weight excluding hydrogens is 417 g/mol. The molecule has 2 aromatic rings. The summed E-state index contributed by atoms with van der Waals surface area (Å²) >= 11 is 12.8. The molecule has 6 heteroatoms. The van der Waals surface area contributed by atoms with E-state index in [4.69, 9.17) is 23.2 Å². The van der Waals surface area contributed by atoms with Gasteiger partial charge in [0.05, 0.1) is 0 Å². The first-order valence-electron chi connectivity index (χ1n) is 10.7. The second-order valence-electron chi connectivity index (χ2n) is 8.75. The minimum Gasteiger partial charge on any atom is -0.326 e. The van der Waals surface area contributed by atoms with E-state index in [-0.39, 0.29) is 17.7 Å². The van der Waals surface area contributed by atoms with Gasteiger partial charge in [0.1, 0.15) is 0 Å². The lowest BCUT2D eigenvalue weighted by molar-refractivity contribution is -0.120. The van der Waals surface area contributed by atoms with E-state index in [0.29, 0.717) is 5.02 Å². The van der Waals surface area contributed by atoms with E-state index >= 15 is 0 Å². The van der Waals surface area contributed by atoms with Gasteiger partial charge in [-0.1, -0.05) is 35.3 Å². The van der Waals surface area contributed by atoms with Crippen LogP contribution < -0.4 is 5.32 Å². The highest BCUT2D eigenvalue weighted by Gasteiger charge is 2.27. The first-order valence-corrected chi connectivity index (χ1v) is 11.4. The van der Waals surface area contributed by atoms with E-state index in [9.17, 15) is 4.79 Å². The molecular formula is C24H29Cl2N3O. The molecule has 2 atom stereocenters.